The van der Waals surface area contributed by atoms with Crippen LogP contribution in [0, 0.1) is 11.8 Å². The summed E-state index contributed by atoms with van der Waals surface area (Å²) >= 11 is 0. The van der Waals surface area contributed by atoms with Gasteiger partial charge in [0.05, 0.1) is 6.26 Å². The van der Waals surface area contributed by atoms with Gasteiger partial charge in [0.2, 0.25) is 10.0 Å². The van der Waals surface area contributed by atoms with Gasteiger partial charge in [0.1, 0.15) is 0 Å². The largest absolute Gasteiger partial charge is 0.213 e. The highest BCUT2D eigenvalue weighted by Crippen LogP contribution is 2.48. The van der Waals surface area contributed by atoms with Gasteiger partial charge in [0.15, 0.2) is 0 Å². The van der Waals surface area contributed by atoms with Crippen molar-refractivity contribution in [1.82, 2.24) is 4.72 Å². The molecule has 2 saturated carbocycles. The van der Waals surface area contributed by atoms with Gasteiger partial charge in [-0.3, -0.25) is 0 Å². The van der Waals surface area contributed by atoms with Crippen LogP contribution in [-0.2, 0) is 10.0 Å². The first-order chi connectivity index (χ1) is 6.08. The van der Waals surface area contributed by atoms with Gasteiger partial charge >= 0.3 is 0 Å². The van der Waals surface area contributed by atoms with E-state index >= 15 is 0 Å². The molecule has 0 aliphatic heterocycles. The van der Waals surface area contributed by atoms with Crippen molar-refractivity contribution in [3.05, 3.63) is 0 Å². The van der Waals surface area contributed by atoms with E-state index in [-0.39, 0.29) is 6.04 Å². The highest BCUT2D eigenvalue weighted by Gasteiger charge is 2.50. The monoisotopic (exact) mass is 203 g/mol. The Morgan fingerprint density at radius 1 is 1.08 bits per heavy atom. The Labute approximate surface area is 80.0 Å². The van der Waals surface area contributed by atoms with Gasteiger partial charge in [0.25, 0.3) is 0 Å². The number of sulfonamides is 1. The minimum absolute atomic E-state index is 0.273. The molecule has 0 aromatic carbocycles. The molecule has 0 radical (unpaired) electrons. The minimum atomic E-state index is -2.98. The van der Waals surface area contributed by atoms with Gasteiger partial charge in [-0.1, -0.05) is 19.3 Å². The first-order valence-electron chi connectivity index (χ1n) is 5.05. The van der Waals surface area contributed by atoms with Gasteiger partial charge in [-0.2, -0.15) is 0 Å². The van der Waals surface area contributed by atoms with E-state index in [2.05, 4.69) is 4.72 Å². The van der Waals surface area contributed by atoms with E-state index in [0.29, 0.717) is 11.8 Å². The van der Waals surface area contributed by atoms with Crippen molar-refractivity contribution in [2.45, 2.75) is 38.1 Å². The zero-order valence-corrected chi connectivity index (χ0v) is 8.81. The topological polar surface area (TPSA) is 46.2 Å². The van der Waals surface area contributed by atoms with Crippen LogP contribution in [0.1, 0.15) is 32.1 Å². The van der Waals surface area contributed by atoms with Crippen LogP contribution in [0.3, 0.4) is 0 Å². The third kappa shape index (κ3) is 2.23. The van der Waals surface area contributed by atoms with E-state index in [1.165, 1.54) is 38.4 Å². The lowest BCUT2D eigenvalue weighted by Crippen LogP contribution is -2.26. The van der Waals surface area contributed by atoms with Crippen molar-refractivity contribution in [2.24, 2.45) is 11.8 Å². The molecule has 76 valence electrons. The molecule has 13 heavy (non-hydrogen) atoms. The zero-order chi connectivity index (χ0) is 9.47. The molecule has 1 unspecified atom stereocenters. The summed E-state index contributed by atoms with van der Waals surface area (Å²) in [6.07, 6.45) is 7.59. The molecule has 2 aliphatic carbocycles. The fourth-order valence-electron chi connectivity index (χ4n) is 2.59. The van der Waals surface area contributed by atoms with Gasteiger partial charge in [-0.25, -0.2) is 13.1 Å². The van der Waals surface area contributed by atoms with Crippen molar-refractivity contribution >= 4 is 10.0 Å². The maximum Gasteiger partial charge on any atom is 0.208 e. The molecule has 2 fully saturated rings. The Hall–Kier alpha value is -0.0900. The molecule has 3 nitrogen and oxygen atoms in total. The number of nitrogens with one attached hydrogen (secondary N) is 1. The summed E-state index contributed by atoms with van der Waals surface area (Å²) in [6, 6.07) is 0.273. The van der Waals surface area contributed by atoms with Crippen molar-refractivity contribution < 1.29 is 8.42 Å². The van der Waals surface area contributed by atoms with Gasteiger partial charge in [-0.05, 0) is 24.7 Å². The molecule has 0 aromatic rings. The summed E-state index contributed by atoms with van der Waals surface area (Å²) < 4.78 is 24.7. The maximum absolute atomic E-state index is 11.0. The Morgan fingerprint density at radius 2 is 1.62 bits per heavy atom. The molecule has 0 amide bonds. The van der Waals surface area contributed by atoms with Gasteiger partial charge in [-0.15, -0.1) is 0 Å². The number of hydrogen-bond donors (Lipinski definition) is 1. The Kier molecular flexibility index (Phi) is 2.36. The molecule has 0 heterocycles. The predicted octanol–water partition coefficient (Wildman–Crippen LogP) is 1.11. The number of rotatable bonds is 2. The van der Waals surface area contributed by atoms with Crippen LogP contribution in [-0.4, -0.2) is 20.7 Å². The first kappa shape index (κ1) is 9.46. The molecule has 3 atom stereocenters. The summed E-state index contributed by atoms with van der Waals surface area (Å²) in [6.45, 7) is 0. The van der Waals surface area contributed by atoms with Crippen LogP contribution in [0.15, 0.2) is 0 Å². The van der Waals surface area contributed by atoms with E-state index in [1.54, 1.807) is 0 Å². The quantitative estimate of drug-likeness (QED) is 0.731. The SMILES string of the molecule is CS(=O)(=O)NC1[C@H]2CCCCC[C@@H]12. The zero-order valence-electron chi connectivity index (χ0n) is 7.99. The molecule has 2 rings (SSSR count). The standard InChI is InChI=1S/C9H17NO2S/c1-13(11,12)10-9-7-5-3-2-4-6-8(7)9/h7-10H,2-6H2,1H3/t7-,8+,9?. The van der Waals surface area contributed by atoms with Crippen LogP contribution in [0.5, 0.6) is 0 Å². The second kappa shape index (κ2) is 3.24. The lowest BCUT2D eigenvalue weighted by atomic mass is 10.1. The first-order valence-corrected chi connectivity index (χ1v) is 6.94. The van der Waals surface area contributed by atoms with E-state index in [0.717, 1.165) is 0 Å². The third-order valence-electron chi connectivity index (χ3n) is 3.26. The highest BCUT2D eigenvalue weighted by molar-refractivity contribution is 7.88. The summed E-state index contributed by atoms with van der Waals surface area (Å²) in [4.78, 5) is 0. The highest BCUT2D eigenvalue weighted by atomic mass is 32.2. The van der Waals surface area contributed by atoms with E-state index in [9.17, 15) is 8.42 Å². The molecule has 0 saturated heterocycles. The molecule has 0 bridgehead atoms. The Bertz CT molecular complexity index is 274. The minimum Gasteiger partial charge on any atom is -0.213 e. The van der Waals surface area contributed by atoms with Crippen molar-refractivity contribution in [3.63, 3.8) is 0 Å². The average Bonchev–Trinajstić information content (AvgIpc) is 2.65. The maximum atomic E-state index is 11.0. The molecular formula is C9H17NO2S. The van der Waals surface area contributed by atoms with Crippen molar-refractivity contribution in [1.29, 1.82) is 0 Å². The molecule has 2 aliphatic rings. The fourth-order valence-corrected chi connectivity index (χ4v) is 3.44. The Balaban J connectivity index is 1.92. The molecular weight excluding hydrogens is 186 g/mol. The van der Waals surface area contributed by atoms with E-state index in [1.807, 2.05) is 0 Å². The smallest absolute Gasteiger partial charge is 0.208 e. The van der Waals surface area contributed by atoms with Crippen molar-refractivity contribution in [2.75, 3.05) is 6.26 Å². The number of hydrogen-bond acceptors (Lipinski definition) is 2. The van der Waals surface area contributed by atoms with Crippen molar-refractivity contribution in [3.8, 4) is 0 Å². The summed E-state index contributed by atoms with van der Waals surface area (Å²) in [5.41, 5.74) is 0. The van der Waals surface area contributed by atoms with Gasteiger partial charge in [0, 0.05) is 6.04 Å². The predicted molar refractivity (Wildman–Crippen MR) is 51.8 cm³/mol. The average molecular weight is 203 g/mol. The number of fused-ring (bicyclic) bond motifs is 1. The van der Waals surface area contributed by atoms with E-state index in [4.69, 9.17) is 0 Å². The van der Waals surface area contributed by atoms with E-state index < -0.39 is 10.0 Å². The van der Waals surface area contributed by atoms with Crippen LogP contribution >= 0.6 is 0 Å². The lowest BCUT2D eigenvalue weighted by Gasteiger charge is -2.02. The van der Waals surface area contributed by atoms with Crippen LogP contribution < -0.4 is 4.72 Å². The second-order valence-electron chi connectivity index (χ2n) is 4.38. The third-order valence-corrected chi connectivity index (χ3v) is 3.96. The molecule has 0 spiro atoms. The molecule has 1 N–H and O–H groups in total. The fraction of sp³-hybridized carbons (Fsp3) is 1.00. The summed E-state index contributed by atoms with van der Waals surface area (Å²) in [5, 5.41) is 0. The molecule has 0 aromatic heterocycles. The second-order valence-corrected chi connectivity index (χ2v) is 6.16. The van der Waals surface area contributed by atoms with Crippen LogP contribution in [0.4, 0.5) is 0 Å². The molecule has 4 heteroatoms. The van der Waals surface area contributed by atoms with Crippen LogP contribution in [0.2, 0.25) is 0 Å². The Morgan fingerprint density at radius 3 is 2.08 bits per heavy atom. The normalized spacial score (nSPS) is 39.3. The summed E-state index contributed by atoms with van der Waals surface area (Å²) in [5.74, 6) is 1.30. The lowest BCUT2D eigenvalue weighted by molar-refractivity contribution is 0.564. The van der Waals surface area contributed by atoms with Crippen LogP contribution in [0.25, 0.3) is 0 Å². The summed E-state index contributed by atoms with van der Waals surface area (Å²) in [7, 11) is -2.98. The van der Waals surface area contributed by atoms with Gasteiger partial charge < -0.3 is 0 Å².